The summed E-state index contributed by atoms with van der Waals surface area (Å²) in [6.45, 7) is 4.39. The van der Waals surface area contributed by atoms with Crippen molar-refractivity contribution in [2.75, 3.05) is 0 Å². The molecule has 0 aromatic carbocycles. The second-order valence-electron chi connectivity index (χ2n) is 2.61. The van der Waals surface area contributed by atoms with Crippen LogP contribution in [0.25, 0.3) is 0 Å². The van der Waals surface area contributed by atoms with Gasteiger partial charge in [-0.15, -0.1) is 0 Å². The van der Waals surface area contributed by atoms with Crippen molar-refractivity contribution in [3.05, 3.63) is 6.42 Å². The van der Waals surface area contributed by atoms with E-state index in [1.165, 1.54) is 38.5 Å². The van der Waals surface area contributed by atoms with E-state index in [1.807, 2.05) is 0 Å². The zero-order chi connectivity index (χ0) is 6.95. The maximum Gasteiger partial charge on any atom is 1.00 e. The molecule has 0 amide bonds. The summed E-state index contributed by atoms with van der Waals surface area (Å²) < 4.78 is 0. The predicted molar refractivity (Wildman–Crippen MR) is 44.5 cm³/mol. The summed E-state index contributed by atoms with van der Waals surface area (Å²) >= 11 is 0. The van der Waals surface area contributed by atoms with E-state index >= 15 is 0 Å². The summed E-state index contributed by atoms with van der Waals surface area (Å²) in [4.78, 5) is 0. The molecule has 0 aliphatic rings. The van der Waals surface area contributed by atoms with Crippen LogP contribution in [-0.4, -0.2) is 0 Å². The Balaban J connectivity index is 0. The Kier molecular flexibility index (Phi) is 8.00. The van der Waals surface area contributed by atoms with Gasteiger partial charge < -0.3 is 0 Å². The lowest BCUT2D eigenvalue weighted by atomic mass is 10.1. The summed E-state index contributed by atoms with van der Waals surface area (Å²) in [5.41, 5.74) is 0. The van der Waals surface area contributed by atoms with Gasteiger partial charge in [-0.2, -0.15) is 0 Å². The number of rotatable bonds is 6. The van der Waals surface area contributed by atoms with Crippen LogP contribution in [0.1, 0.15) is 53.8 Å². The van der Waals surface area contributed by atoms with E-state index in [0.717, 1.165) is 0 Å². The van der Waals surface area contributed by atoms with E-state index in [4.69, 9.17) is 0 Å². The Morgan fingerprint density at radius 3 is 2.33 bits per heavy atom. The number of hydrogen-bond acceptors (Lipinski definition) is 0. The fourth-order valence-corrected chi connectivity index (χ4v) is 0.952. The molecule has 0 atom stereocenters. The normalized spacial score (nSPS) is 10.0. The third-order valence-corrected chi connectivity index (χ3v) is 1.60. The molecule has 0 nitrogen and oxygen atoms in total. The van der Waals surface area contributed by atoms with Crippen molar-refractivity contribution in [1.82, 2.24) is 0 Å². The zero-order valence-electron chi connectivity index (χ0n) is 7.82. The topological polar surface area (TPSA) is 0 Å². The molecular formula is C9H20+. The van der Waals surface area contributed by atoms with Gasteiger partial charge in [0.2, 0.25) is 0 Å². The van der Waals surface area contributed by atoms with Crippen LogP contribution in [0.3, 0.4) is 0 Å². The zero-order valence-corrected chi connectivity index (χ0v) is 6.82. The number of hydrogen-bond donors (Lipinski definition) is 0. The molecular weight excluding hydrogens is 108 g/mol. The molecule has 0 N–H and O–H groups in total. The maximum atomic E-state index is 2.26. The lowest BCUT2D eigenvalue weighted by Crippen LogP contribution is -1.76. The lowest BCUT2D eigenvalue weighted by molar-refractivity contribution is 0.629. The van der Waals surface area contributed by atoms with Crippen molar-refractivity contribution >= 4 is 0 Å². The quantitative estimate of drug-likeness (QED) is 0.479. The molecule has 0 aliphatic carbocycles. The summed E-state index contributed by atoms with van der Waals surface area (Å²) in [6, 6.07) is 0. The second kappa shape index (κ2) is 8.00. The molecule has 0 saturated carbocycles. The van der Waals surface area contributed by atoms with Crippen LogP contribution in [0, 0.1) is 6.42 Å². The molecule has 0 aromatic heterocycles. The summed E-state index contributed by atoms with van der Waals surface area (Å²) in [7, 11) is 0. The van der Waals surface area contributed by atoms with Gasteiger partial charge in [0.15, 0.2) is 0 Å². The fourth-order valence-electron chi connectivity index (χ4n) is 0.952. The Morgan fingerprint density at radius 1 is 1.11 bits per heavy atom. The Hall–Kier alpha value is 0. The van der Waals surface area contributed by atoms with Gasteiger partial charge >= 0.3 is 1.43 Å². The minimum atomic E-state index is 0. The van der Waals surface area contributed by atoms with Gasteiger partial charge in [0.1, 0.15) is 0 Å². The molecule has 55 valence electrons. The first-order chi connectivity index (χ1) is 4.41. The van der Waals surface area contributed by atoms with E-state index in [0.29, 0.717) is 0 Å². The van der Waals surface area contributed by atoms with Crippen molar-refractivity contribution in [1.29, 1.82) is 0 Å². The third-order valence-electron chi connectivity index (χ3n) is 1.60. The fraction of sp³-hybridized carbons (Fsp3) is 0.889. The first kappa shape index (κ1) is 9.00. The average molecular weight is 128 g/mol. The summed E-state index contributed by atoms with van der Waals surface area (Å²) in [6.07, 6.45) is 10.6. The Bertz CT molecular complexity index is 38.0. The molecule has 0 bridgehead atoms. The average Bonchev–Trinajstić information content (AvgIpc) is 1.89. The minimum Gasteiger partial charge on any atom is -0.0654 e. The molecule has 1 radical (unpaired) electrons. The Labute approximate surface area is 61.1 Å². The lowest BCUT2D eigenvalue weighted by Gasteiger charge is -1.95. The molecule has 0 heterocycles. The van der Waals surface area contributed by atoms with Gasteiger partial charge in [-0.3, -0.25) is 0 Å². The van der Waals surface area contributed by atoms with Gasteiger partial charge in [-0.05, 0) is 6.42 Å². The number of unbranched alkanes of at least 4 members (excludes halogenated alkanes) is 6. The van der Waals surface area contributed by atoms with Gasteiger partial charge in [0.05, 0.1) is 0 Å². The van der Waals surface area contributed by atoms with Crippen molar-refractivity contribution < 1.29 is 1.43 Å². The molecule has 0 fully saturated rings. The van der Waals surface area contributed by atoms with Crippen molar-refractivity contribution in [2.24, 2.45) is 0 Å². The Morgan fingerprint density at radius 2 is 1.78 bits per heavy atom. The molecule has 0 spiro atoms. The van der Waals surface area contributed by atoms with Crippen molar-refractivity contribution in [3.63, 3.8) is 0 Å². The van der Waals surface area contributed by atoms with Gasteiger partial charge in [-0.1, -0.05) is 52.4 Å². The minimum absolute atomic E-state index is 0. The SMILES string of the molecule is C[CH]CCCCCCC.[H+]. The monoisotopic (exact) mass is 128 g/mol. The van der Waals surface area contributed by atoms with Crippen LogP contribution < -0.4 is 0 Å². The highest BCUT2D eigenvalue weighted by atomic mass is 13.9. The molecule has 9 heavy (non-hydrogen) atoms. The van der Waals surface area contributed by atoms with E-state index in [1.54, 1.807) is 0 Å². The molecule has 0 aliphatic heterocycles. The standard InChI is InChI=1S/C9H19/c1-3-5-7-9-8-6-4-2/h3H,4-9H2,1-2H3/p+1. The highest BCUT2D eigenvalue weighted by Crippen LogP contribution is 2.05. The van der Waals surface area contributed by atoms with Crippen molar-refractivity contribution in [3.8, 4) is 0 Å². The van der Waals surface area contributed by atoms with Gasteiger partial charge in [-0.25, -0.2) is 0 Å². The van der Waals surface area contributed by atoms with Crippen LogP contribution in [-0.2, 0) is 0 Å². The van der Waals surface area contributed by atoms with Crippen LogP contribution in [0.2, 0.25) is 0 Å². The summed E-state index contributed by atoms with van der Waals surface area (Å²) in [5, 5.41) is 0. The third kappa shape index (κ3) is 8.00. The molecule has 0 rings (SSSR count). The highest BCUT2D eigenvalue weighted by molar-refractivity contribution is 4.54. The smallest absolute Gasteiger partial charge is 0.0654 e. The second-order valence-corrected chi connectivity index (χ2v) is 2.61. The summed E-state index contributed by atoms with van der Waals surface area (Å²) in [5.74, 6) is 0. The first-order valence-corrected chi connectivity index (χ1v) is 4.19. The van der Waals surface area contributed by atoms with E-state index in [2.05, 4.69) is 20.3 Å². The largest absolute Gasteiger partial charge is 1.00 e. The molecule has 0 aromatic rings. The molecule has 0 unspecified atom stereocenters. The predicted octanol–water partition coefficient (Wildman–Crippen LogP) is 3.68. The first-order valence-electron chi connectivity index (χ1n) is 4.19. The molecule has 0 saturated heterocycles. The van der Waals surface area contributed by atoms with Crippen LogP contribution in [0.5, 0.6) is 0 Å². The van der Waals surface area contributed by atoms with E-state index < -0.39 is 0 Å². The van der Waals surface area contributed by atoms with E-state index in [9.17, 15) is 0 Å². The molecule has 0 heteroatoms. The van der Waals surface area contributed by atoms with Gasteiger partial charge in [0.25, 0.3) is 0 Å². The van der Waals surface area contributed by atoms with Crippen LogP contribution >= 0.6 is 0 Å². The van der Waals surface area contributed by atoms with Crippen molar-refractivity contribution in [2.45, 2.75) is 52.4 Å². The highest BCUT2D eigenvalue weighted by Gasteiger charge is 1.85. The van der Waals surface area contributed by atoms with Crippen LogP contribution in [0.4, 0.5) is 0 Å². The maximum absolute atomic E-state index is 2.26. The van der Waals surface area contributed by atoms with Gasteiger partial charge in [0, 0.05) is 0 Å². The van der Waals surface area contributed by atoms with E-state index in [-0.39, 0.29) is 1.43 Å². The van der Waals surface area contributed by atoms with Crippen LogP contribution in [0.15, 0.2) is 0 Å².